The van der Waals surface area contributed by atoms with Gasteiger partial charge < -0.3 is 14.8 Å². The molecule has 0 atom stereocenters. The number of benzene rings is 1. The summed E-state index contributed by atoms with van der Waals surface area (Å²) in [7, 11) is 0. The van der Waals surface area contributed by atoms with Gasteiger partial charge >= 0.3 is 5.97 Å². The van der Waals surface area contributed by atoms with Crippen molar-refractivity contribution in [2.75, 3.05) is 13.1 Å². The maximum atomic E-state index is 13.0. The van der Waals surface area contributed by atoms with Crippen LogP contribution >= 0.6 is 0 Å². The Kier molecular flexibility index (Phi) is 4.61. The van der Waals surface area contributed by atoms with Gasteiger partial charge in [-0.3, -0.25) is 23.7 Å². The number of hydrogen-bond donors (Lipinski definition) is 2. The summed E-state index contributed by atoms with van der Waals surface area (Å²) in [4.78, 5) is 74.2. The topological polar surface area (TPSA) is 134 Å². The van der Waals surface area contributed by atoms with E-state index in [1.807, 2.05) is 0 Å². The Morgan fingerprint density at radius 2 is 1.40 bits per heavy atom. The Balaban J connectivity index is 1.72. The van der Waals surface area contributed by atoms with Gasteiger partial charge in [0, 0.05) is 31.5 Å². The maximum Gasteiger partial charge on any atom is 0.330 e. The number of piperidine rings is 1. The molecule has 30 heavy (non-hydrogen) atoms. The number of rotatable bonds is 2. The fraction of sp³-hybridized carbons (Fsp3) is 0.450. The number of carbonyl (C=O) groups excluding carboxylic acids is 1. The molecular weight excluding hydrogens is 392 g/mol. The Bertz CT molecular complexity index is 1290. The molecule has 0 aliphatic carbocycles. The first-order valence-electron chi connectivity index (χ1n) is 9.72. The standard InChI is InChI=1S/C20H22N4O6/c1-20(2,3)19(29)30-23-8-4-10(5-9-23)24-17(27)11-12(18(24)28)16(26)14-13(15(11)25)21-6-7-22-14/h6-7,10,21-22H,4-5,8-9H2,1-3H3. The number of hydroxylamine groups is 2. The number of aromatic nitrogens is 3. The second-order valence-corrected chi connectivity index (χ2v) is 8.55. The first-order chi connectivity index (χ1) is 14.1. The van der Waals surface area contributed by atoms with Gasteiger partial charge in [-0.1, -0.05) is 0 Å². The van der Waals surface area contributed by atoms with Crippen LogP contribution in [0.2, 0.25) is 0 Å². The smallest absolute Gasteiger partial charge is 0.330 e. The molecule has 158 valence electrons. The minimum atomic E-state index is -0.749. The predicted octanol–water partition coefficient (Wildman–Crippen LogP) is 0.471. The van der Waals surface area contributed by atoms with E-state index < -0.39 is 33.4 Å². The molecule has 1 aliphatic heterocycles. The highest BCUT2D eigenvalue weighted by Crippen LogP contribution is 2.23. The summed E-state index contributed by atoms with van der Waals surface area (Å²) in [5.41, 5.74) is -3.56. The molecule has 1 aliphatic rings. The van der Waals surface area contributed by atoms with E-state index in [2.05, 4.69) is 9.97 Å². The van der Waals surface area contributed by atoms with Crippen molar-refractivity contribution in [3.05, 3.63) is 53.5 Å². The van der Waals surface area contributed by atoms with E-state index in [0.29, 0.717) is 25.9 Å². The summed E-state index contributed by atoms with van der Waals surface area (Å²) in [6.45, 7) is 5.91. The van der Waals surface area contributed by atoms with E-state index >= 15 is 0 Å². The largest absolute Gasteiger partial charge is 0.367 e. The van der Waals surface area contributed by atoms with Gasteiger partial charge in [0.25, 0.3) is 11.1 Å². The zero-order valence-electron chi connectivity index (χ0n) is 16.9. The van der Waals surface area contributed by atoms with Crippen molar-refractivity contribution in [2.24, 2.45) is 5.41 Å². The van der Waals surface area contributed by atoms with Crippen LogP contribution in [0.25, 0.3) is 21.8 Å². The Morgan fingerprint density at radius 1 is 0.933 bits per heavy atom. The molecule has 1 saturated heterocycles. The SMILES string of the molecule is CC(C)(C)C(=O)ON1CCC(n2c(=O)c3c(=O)c4[nH]cc[nH]c4c(=O)c3c2=O)CC1. The molecule has 2 aromatic heterocycles. The van der Waals surface area contributed by atoms with Crippen LogP contribution in [0.15, 0.2) is 31.6 Å². The number of H-pyrrole nitrogens is 2. The summed E-state index contributed by atoms with van der Waals surface area (Å²) in [5, 5.41) is 0.753. The molecule has 1 fully saturated rings. The normalized spacial score (nSPS) is 16.4. The van der Waals surface area contributed by atoms with E-state index in [4.69, 9.17) is 4.84 Å². The molecule has 0 unspecified atom stereocenters. The highest BCUT2D eigenvalue weighted by atomic mass is 16.7. The van der Waals surface area contributed by atoms with Gasteiger partial charge in [-0.15, -0.1) is 5.06 Å². The molecule has 0 amide bonds. The molecule has 1 aromatic carbocycles. The molecule has 3 heterocycles. The van der Waals surface area contributed by atoms with Crippen molar-refractivity contribution in [1.29, 1.82) is 0 Å². The van der Waals surface area contributed by atoms with Crippen LogP contribution in [0.4, 0.5) is 0 Å². The summed E-state index contributed by atoms with van der Waals surface area (Å²) < 4.78 is 1.01. The van der Waals surface area contributed by atoms with Crippen molar-refractivity contribution >= 4 is 27.8 Å². The second-order valence-electron chi connectivity index (χ2n) is 8.55. The van der Waals surface area contributed by atoms with E-state index in [1.54, 1.807) is 20.8 Å². The van der Waals surface area contributed by atoms with E-state index in [0.717, 1.165) is 4.57 Å². The molecule has 0 spiro atoms. The van der Waals surface area contributed by atoms with Crippen LogP contribution in [0.1, 0.15) is 39.7 Å². The van der Waals surface area contributed by atoms with E-state index in [-0.39, 0.29) is 27.8 Å². The Hall–Kier alpha value is -3.27. The molecule has 2 N–H and O–H groups in total. The minimum Gasteiger partial charge on any atom is -0.367 e. The molecule has 0 radical (unpaired) electrons. The fourth-order valence-electron chi connectivity index (χ4n) is 3.75. The number of aromatic amines is 2. The Morgan fingerprint density at radius 3 is 1.83 bits per heavy atom. The van der Waals surface area contributed by atoms with Gasteiger partial charge in [-0.2, -0.15) is 0 Å². The highest BCUT2D eigenvalue weighted by Gasteiger charge is 2.31. The predicted molar refractivity (Wildman–Crippen MR) is 110 cm³/mol. The van der Waals surface area contributed by atoms with Crippen molar-refractivity contribution in [1.82, 2.24) is 19.6 Å². The van der Waals surface area contributed by atoms with Crippen molar-refractivity contribution < 1.29 is 9.63 Å². The van der Waals surface area contributed by atoms with Gasteiger partial charge in [0.05, 0.1) is 5.41 Å². The highest BCUT2D eigenvalue weighted by molar-refractivity contribution is 5.94. The average molecular weight is 414 g/mol. The quantitative estimate of drug-likeness (QED) is 0.622. The lowest BCUT2D eigenvalue weighted by Crippen LogP contribution is -2.42. The fourth-order valence-corrected chi connectivity index (χ4v) is 3.75. The first kappa shape index (κ1) is 20.0. The van der Waals surface area contributed by atoms with Crippen molar-refractivity contribution in [2.45, 2.75) is 39.7 Å². The lowest BCUT2D eigenvalue weighted by Gasteiger charge is -2.32. The number of hydrogen-bond acceptors (Lipinski definition) is 7. The van der Waals surface area contributed by atoms with E-state index in [9.17, 15) is 24.0 Å². The van der Waals surface area contributed by atoms with Crippen LogP contribution < -0.4 is 22.0 Å². The molecule has 0 saturated carbocycles. The van der Waals surface area contributed by atoms with Crippen LogP contribution in [0.5, 0.6) is 0 Å². The molecule has 3 aromatic rings. The first-order valence-corrected chi connectivity index (χ1v) is 9.72. The second kappa shape index (κ2) is 6.91. The maximum absolute atomic E-state index is 13.0. The molecule has 0 bridgehead atoms. The van der Waals surface area contributed by atoms with Crippen LogP contribution in [-0.2, 0) is 9.63 Å². The Labute approximate surface area is 169 Å². The number of carbonyl (C=O) groups is 1. The van der Waals surface area contributed by atoms with Crippen molar-refractivity contribution in [3.63, 3.8) is 0 Å². The summed E-state index contributed by atoms with van der Waals surface area (Å²) in [6, 6.07) is -0.489. The number of fused-ring (bicyclic) bond motifs is 2. The molecular formula is C20H22N4O6. The zero-order valence-corrected chi connectivity index (χ0v) is 16.9. The zero-order chi connectivity index (χ0) is 21.8. The van der Waals surface area contributed by atoms with Gasteiger partial charge in [-0.05, 0) is 33.6 Å². The lowest BCUT2D eigenvalue weighted by atomic mass is 9.98. The summed E-state index contributed by atoms with van der Waals surface area (Å²) in [5.74, 6) is -0.368. The minimum absolute atomic E-state index is 0.0341. The van der Waals surface area contributed by atoms with Crippen LogP contribution in [0.3, 0.4) is 0 Å². The molecule has 10 nitrogen and oxygen atoms in total. The molecule has 4 rings (SSSR count). The van der Waals surface area contributed by atoms with E-state index in [1.165, 1.54) is 17.5 Å². The third kappa shape index (κ3) is 3.04. The van der Waals surface area contributed by atoms with Gasteiger partial charge in [0.2, 0.25) is 10.9 Å². The number of nitrogens with one attached hydrogen (secondary N) is 2. The van der Waals surface area contributed by atoms with Gasteiger partial charge in [-0.25, -0.2) is 4.79 Å². The third-order valence-electron chi connectivity index (χ3n) is 5.43. The average Bonchev–Trinajstić information content (AvgIpc) is 2.97. The van der Waals surface area contributed by atoms with Gasteiger partial charge in [0.1, 0.15) is 21.8 Å². The molecule has 10 heteroatoms. The number of nitrogens with zero attached hydrogens (tertiary/aromatic N) is 2. The lowest BCUT2D eigenvalue weighted by molar-refractivity contribution is -0.205. The van der Waals surface area contributed by atoms with Crippen LogP contribution in [0, 0.1) is 5.41 Å². The summed E-state index contributed by atoms with van der Waals surface area (Å²) in [6.07, 6.45) is 3.60. The van der Waals surface area contributed by atoms with Crippen molar-refractivity contribution in [3.8, 4) is 0 Å². The van der Waals surface area contributed by atoms with Gasteiger partial charge in [0.15, 0.2) is 0 Å². The third-order valence-corrected chi connectivity index (χ3v) is 5.43. The monoisotopic (exact) mass is 414 g/mol. The van der Waals surface area contributed by atoms with Crippen LogP contribution in [-0.4, -0.2) is 38.7 Å². The summed E-state index contributed by atoms with van der Waals surface area (Å²) >= 11 is 0.